The Balaban J connectivity index is 1.92. The maximum Gasteiger partial charge on any atom is 0.277 e. The van der Waals surface area contributed by atoms with E-state index in [0.717, 1.165) is 43.9 Å². The zero-order valence-electron chi connectivity index (χ0n) is 16.5. The van der Waals surface area contributed by atoms with E-state index in [9.17, 15) is 9.59 Å². The number of ether oxygens (including phenoxy) is 1. The normalized spacial score (nSPS) is 18.8. The number of hydrogen-bond acceptors (Lipinski definition) is 5. The van der Waals surface area contributed by atoms with Crippen LogP contribution in [-0.2, 0) is 14.3 Å². The van der Waals surface area contributed by atoms with E-state index in [1.54, 1.807) is 7.11 Å². The van der Waals surface area contributed by atoms with Gasteiger partial charge in [-0.05, 0) is 25.5 Å². The maximum absolute atomic E-state index is 13.2. The van der Waals surface area contributed by atoms with Gasteiger partial charge in [0.05, 0.1) is 5.57 Å². The molecule has 0 radical (unpaired) electrons. The molecule has 146 valence electrons. The molecule has 2 aliphatic rings. The summed E-state index contributed by atoms with van der Waals surface area (Å²) in [6.45, 7) is 9.44. The van der Waals surface area contributed by atoms with E-state index in [1.807, 2.05) is 31.2 Å². The van der Waals surface area contributed by atoms with Crippen LogP contribution in [0.2, 0.25) is 0 Å². The van der Waals surface area contributed by atoms with E-state index >= 15 is 0 Å². The molecule has 27 heavy (non-hydrogen) atoms. The highest BCUT2D eigenvalue weighted by atomic mass is 16.5. The quantitative estimate of drug-likeness (QED) is 0.540. The summed E-state index contributed by atoms with van der Waals surface area (Å²) in [5, 5.41) is 0. The van der Waals surface area contributed by atoms with Crippen molar-refractivity contribution in [2.75, 3.05) is 53.0 Å². The fourth-order valence-electron chi connectivity index (χ4n) is 3.69. The van der Waals surface area contributed by atoms with Crippen molar-refractivity contribution in [3.63, 3.8) is 0 Å². The van der Waals surface area contributed by atoms with Gasteiger partial charge in [0.25, 0.3) is 11.8 Å². The summed E-state index contributed by atoms with van der Waals surface area (Å²) in [5.41, 5.74) is 3.06. The smallest absolute Gasteiger partial charge is 0.277 e. The number of nitrogens with zero attached hydrogens (tertiary/aromatic N) is 3. The third-order valence-electron chi connectivity index (χ3n) is 5.35. The van der Waals surface area contributed by atoms with E-state index in [4.69, 9.17) is 4.74 Å². The second-order valence-corrected chi connectivity index (χ2v) is 7.12. The van der Waals surface area contributed by atoms with Crippen molar-refractivity contribution in [3.8, 4) is 0 Å². The van der Waals surface area contributed by atoms with Crippen LogP contribution in [0, 0.1) is 6.92 Å². The summed E-state index contributed by atoms with van der Waals surface area (Å²) in [6.07, 6.45) is 0.645. The number of piperazine rings is 1. The molecule has 6 heteroatoms. The van der Waals surface area contributed by atoms with E-state index < -0.39 is 0 Å². The first kappa shape index (κ1) is 19.6. The molecule has 0 saturated carbocycles. The van der Waals surface area contributed by atoms with Gasteiger partial charge in [-0.15, -0.1) is 0 Å². The first-order valence-corrected chi connectivity index (χ1v) is 9.70. The van der Waals surface area contributed by atoms with E-state index in [1.165, 1.54) is 4.90 Å². The predicted octanol–water partition coefficient (Wildman–Crippen LogP) is 1.75. The van der Waals surface area contributed by atoms with Crippen molar-refractivity contribution in [2.24, 2.45) is 0 Å². The number of likely N-dealkylation sites (N-methyl/N-ethyl adjacent to an activating group) is 1. The van der Waals surface area contributed by atoms with Gasteiger partial charge in [-0.1, -0.05) is 36.8 Å². The van der Waals surface area contributed by atoms with Crippen LogP contribution in [0.5, 0.6) is 0 Å². The number of hydrogen-bond donors (Lipinski definition) is 0. The van der Waals surface area contributed by atoms with Crippen LogP contribution < -0.4 is 0 Å². The molecule has 2 heterocycles. The van der Waals surface area contributed by atoms with Gasteiger partial charge in [-0.2, -0.15) is 0 Å². The Hall–Kier alpha value is -2.18. The van der Waals surface area contributed by atoms with Crippen molar-refractivity contribution < 1.29 is 14.3 Å². The number of rotatable bonds is 7. The zero-order chi connectivity index (χ0) is 19.4. The molecule has 2 aliphatic heterocycles. The highest BCUT2D eigenvalue weighted by Gasteiger charge is 2.41. The lowest BCUT2D eigenvalue weighted by Crippen LogP contribution is -2.47. The molecule has 1 fully saturated rings. The van der Waals surface area contributed by atoms with Gasteiger partial charge in [0.1, 0.15) is 5.70 Å². The van der Waals surface area contributed by atoms with Crippen molar-refractivity contribution in [1.29, 1.82) is 0 Å². The zero-order valence-corrected chi connectivity index (χ0v) is 16.5. The van der Waals surface area contributed by atoms with Crippen LogP contribution in [0.3, 0.4) is 0 Å². The molecule has 3 rings (SSSR count). The minimum atomic E-state index is -0.187. The summed E-state index contributed by atoms with van der Waals surface area (Å²) < 4.78 is 5.09. The SMILES string of the molecule is CCN1CCN(C2=C(c3ccc(C)cc3)C(=O)N(CCCOC)C2=O)CC1. The first-order chi connectivity index (χ1) is 13.1. The molecule has 0 aromatic heterocycles. The fraction of sp³-hybridized carbons (Fsp3) is 0.524. The molecule has 1 aromatic rings. The lowest BCUT2D eigenvalue weighted by molar-refractivity contribution is -0.137. The second-order valence-electron chi connectivity index (χ2n) is 7.12. The average Bonchev–Trinajstić information content (AvgIpc) is 2.93. The van der Waals surface area contributed by atoms with Gasteiger partial charge in [0, 0.05) is 46.4 Å². The van der Waals surface area contributed by atoms with Crippen LogP contribution in [-0.4, -0.2) is 79.5 Å². The van der Waals surface area contributed by atoms with Gasteiger partial charge in [0.15, 0.2) is 0 Å². The third-order valence-corrected chi connectivity index (χ3v) is 5.35. The van der Waals surface area contributed by atoms with E-state index in [0.29, 0.717) is 30.8 Å². The molecular weight excluding hydrogens is 342 g/mol. The Morgan fingerprint density at radius 2 is 1.67 bits per heavy atom. The number of amides is 2. The predicted molar refractivity (Wildman–Crippen MR) is 105 cm³/mol. The maximum atomic E-state index is 13.2. The molecular formula is C21H29N3O3. The Morgan fingerprint density at radius 1 is 1.00 bits per heavy atom. The van der Waals surface area contributed by atoms with Crippen LogP contribution >= 0.6 is 0 Å². The molecule has 0 spiro atoms. The molecule has 6 nitrogen and oxygen atoms in total. The minimum absolute atomic E-state index is 0.170. The summed E-state index contributed by atoms with van der Waals surface area (Å²) in [5.74, 6) is -0.357. The molecule has 0 aliphatic carbocycles. The summed E-state index contributed by atoms with van der Waals surface area (Å²) in [4.78, 5) is 32.1. The van der Waals surface area contributed by atoms with Gasteiger partial charge < -0.3 is 14.5 Å². The Bertz CT molecular complexity index is 719. The van der Waals surface area contributed by atoms with E-state index in [-0.39, 0.29) is 11.8 Å². The Morgan fingerprint density at radius 3 is 2.26 bits per heavy atom. The van der Waals surface area contributed by atoms with Gasteiger partial charge in [0.2, 0.25) is 0 Å². The lowest BCUT2D eigenvalue weighted by Gasteiger charge is -2.36. The summed E-state index contributed by atoms with van der Waals surface area (Å²) in [6, 6.07) is 7.86. The van der Waals surface area contributed by atoms with Gasteiger partial charge >= 0.3 is 0 Å². The molecule has 2 amide bonds. The molecule has 0 N–H and O–H groups in total. The number of aryl methyl sites for hydroxylation is 1. The standard InChI is InChI=1S/C21H29N3O3/c1-4-22-11-13-23(14-12-22)19-18(17-8-6-16(2)7-9-17)20(25)24(21(19)26)10-5-15-27-3/h6-9H,4-5,10-15H2,1-3H3. The monoisotopic (exact) mass is 371 g/mol. The average molecular weight is 371 g/mol. The van der Waals surface area contributed by atoms with Crippen molar-refractivity contribution in [1.82, 2.24) is 14.7 Å². The summed E-state index contributed by atoms with van der Waals surface area (Å²) in [7, 11) is 1.63. The molecule has 0 atom stereocenters. The third kappa shape index (κ3) is 4.06. The topological polar surface area (TPSA) is 53.1 Å². The van der Waals surface area contributed by atoms with Crippen LogP contribution in [0.15, 0.2) is 30.0 Å². The molecule has 0 unspecified atom stereocenters. The van der Waals surface area contributed by atoms with Gasteiger partial charge in [-0.25, -0.2) is 0 Å². The fourth-order valence-corrected chi connectivity index (χ4v) is 3.69. The number of carbonyl (C=O) groups excluding carboxylic acids is 2. The number of imide groups is 1. The van der Waals surface area contributed by atoms with Crippen LogP contribution in [0.4, 0.5) is 0 Å². The van der Waals surface area contributed by atoms with Crippen molar-refractivity contribution >= 4 is 17.4 Å². The largest absolute Gasteiger partial charge is 0.385 e. The highest BCUT2D eigenvalue weighted by molar-refractivity contribution is 6.35. The number of benzene rings is 1. The van der Waals surface area contributed by atoms with E-state index in [2.05, 4.69) is 16.7 Å². The summed E-state index contributed by atoms with van der Waals surface area (Å²) >= 11 is 0. The molecule has 0 bridgehead atoms. The van der Waals surface area contributed by atoms with Crippen molar-refractivity contribution in [3.05, 3.63) is 41.1 Å². The Kier molecular flexibility index (Phi) is 6.29. The Labute approximate surface area is 161 Å². The van der Waals surface area contributed by atoms with Crippen LogP contribution in [0.1, 0.15) is 24.5 Å². The molecule has 1 aromatic carbocycles. The van der Waals surface area contributed by atoms with Crippen LogP contribution in [0.25, 0.3) is 5.57 Å². The van der Waals surface area contributed by atoms with Crippen molar-refractivity contribution in [2.45, 2.75) is 20.3 Å². The number of methoxy groups -OCH3 is 1. The minimum Gasteiger partial charge on any atom is -0.385 e. The number of carbonyl (C=O) groups is 2. The first-order valence-electron chi connectivity index (χ1n) is 9.70. The second kappa shape index (κ2) is 8.67. The molecule has 1 saturated heterocycles. The van der Waals surface area contributed by atoms with Gasteiger partial charge in [-0.3, -0.25) is 14.5 Å². The lowest BCUT2D eigenvalue weighted by atomic mass is 10.0. The highest BCUT2D eigenvalue weighted by Crippen LogP contribution is 2.32.